The summed E-state index contributed by atoms with van der Waals surface area (Å²) in [5.74, 6) is 1.47. The molecule has 1 saturated carbocycles. The van der Waals surface area contributed by atoms with Gasteiger partial charge in [0, 0.05) is 0 Å². The summed E-state index contributed by atoms with van der Waals surface area (Å²) in [6.07, 6.45) is 3.04. The minimum atomic E-state index is -2.37. The molecule has 1 rings (SSSR count). The highest BCUT2D eigenvalue weighted by molar-refractivity contribution is 7.73. The van der Waals surface area contributed by atoms with Gasteiger partial charge < -0.3 is 0 Å². The summed E-state index contributed by atoms with van der Waals surface area (Å²) in [5, 5.41) is 0. The van der Waals surface area contributed by atoms with Gasteiger partial charge in [0.15, 0.2) is 0 Å². The maximum absolute atomic E-state index is 10.5. The highest BCUT2D eigenvalue weighted by atomic mass is 32.2. The predicted octanol–water partition coefficient (Wildman–Crippen LogP) is 2.47. The molecular weight excluding hydrogens is 200 g/mol. The molecule has 3 nitrogen and oxygen atoms in total. The fraction of sp³-hybridized carbons (Fsp3) is 1.00. The summed E-state index contributed by atoms with van der Waals surface area (Å²) >= 11 is -2.37. The monoisotopic (exact) mass is 219 g/mol. The zero-order valence-electron chi connectivity index (χ0n) is 9.06. The average molecular weight is 219 g/mol. The maximum atomic E-state index is 10.5. The minimum Gasteiger partial charge on any atom is -0.263 e. The van der Waals surface area contributed by atoms with Gasteiger partial charge >= 0.3 is 11.4 Å². The SMILES string of the molecule is CC1CCC(C(C)C)C(OS([O])=O)C1. The Balaban J connectivity index is 2.58. The van der Waals surface area contributed by atoms with Crippen molar-refractivity contribution >= 4 is 11.4 Å². The van der Waals surface area contributed by atoms with Gasteiger partial charge in [-0.3, -0.25) is 4.18 Å². The van der Waals surface area contributed by atoms with Crippen molar-refractivity contribution in [2.24, 2.45) is 17.8 Å². The Morgan fingerprint density at radius 2 is 2.00 bits per heavy atom. The molecule has 0 aromatic rings. The van der Waals surface area contributed by atoms with Crippen molar-refractivity contribution in [2.75, 3.05) is 0 Å². The molecular formula is C10H19O3S. The van der Waals surface area contributed by atoms with Crippen LogP contribution in [0.15, 0.2) is 0 Å². The van der Waals surface area contributed by atoms with Crippen LogP contribution in [0.4, 0.5) is 0 Å². The largest absolute Gasteiger partial charge is 0.335 e. The van der Waals surface area contributed by atoms with Crippen LogP contribution in [0.3, 0.4) is 0 Å². The van der Waals surface area contributed by atoms with Gasteiger partial charge in [-0.1, -0.05) is 31.7 Å². The number of hydrogen-bond acceptors (Lipinski definition) is 2. The standard InChI is InChI=1S/C10H19O3S/c1-7(2)9-5-4-8(3)6-10(9)13-14(11)12/h7-10H,4-6H2,1-3H3. The summed E-state index contributed by atoms with van der Waals surface area (Å²) in [5.41, 5.74) is 0. The molecule has 1 aliphatic carbocycles. The van der Waals surface area contributed by atoms with Crippen LogP contribution in [-0.2, 0) is 20.1 Å². The van der Waals surface area contributed by atoms with Crippen LogP contribution in [0, 0.1) is 17.8 Å². The first-order valence-electron chi connectivity index (χ1n) is 5.27. The molecule has 1 fully saturated rings. The van der Waals surface area contributed by atoms with E-state index >= 15 is 0 Å². The lowest BCUT2D eigenvalue weighted by Crippen LogP contribution is -2.34. The van der Waals surface area contributed by atoms with E-state index < -0.39 is 11.4 Å². The Kier molecular flexibility index (Phi) is 4.54. The third kappa shape index (κ3) is 3.33. The fourth-order valence-corrected chi connectivity index (χ4v) is 2.75. The Labute approximate surface area is 88.7 Å². The molecule has 1 radical (unpaired) electrons. The molecule has 4 unspecified atom stereocenters. The zero-order valence-corrected chi connectivity index (χ0v) is 9.88. The molecule has 0 spiro atoms. The minimum absolute atomic E-state index is 0.0999. The van der Waals surface area contributed by atoms with Crippen molar-refractivity contribution in [3.05, 3.63) is 0 Å². The molecule has 0 saturated heterocycles. The highest BCUT2D eigenvalue weighted by Gasteiger charge is 2.32. The Morgan fingerprint density at radius 1 is 1.36 bits per heavy atom. The van der Waals surface area contributed by atoms with Crippen molar-refractivity contribution in [2.45, 2.75) is 46.1 Å². The van der Waals surface area contributed by atoms with Gasteiger partial charge in [-0.15, -0.1) is 0 Å². The lowest BCUT2D eigenvalue weighted by atomic mass is 9.75. The molecule has 0 aromatic carbocycles. The van der Waals surface area contributed by atoms with Gasteiger partial charge in [-0.25, -0.2) is 0 Å². The first kappa shape index (κ1) is 12.1. The quantitative estimate of drug-likeness (QED) is 0.732. The third-order valence-corrected chi connectivity index (χ3v) is 3.57. The Hall–Kier alpha value is 0.0700. The van der Waals surface area contributed by atoms with E-state index in [1.807, 2.05) is 0 Å². The molecule has 1 aliphatic rings. The topological polar surface area (TPSA) is 46.2 Å². The van der Waals surface area contributed by atoms with Gasteiger partial charge in [-0.2, -0.15) is 4.21 Å². The fourth-order valence-electron chi connectivity index (χ4n) is 2.33. The van der Waals surface area contributed by atoms with Crippen LogP contribution >= 0.6 is 0 Å². The van der Waals surface area contributed by atoms with E-state index in [0.29, 0.717) is 17.8 Å². The first-order chi connectivity index (χ1) is 6.50. The second-order valence-electron chi connectivity index (χ2n) is 4.66. The van der Waals surface area contributed by atoms with E-state index in [9.17, 15) is 8.76 Å². The molecule has 14 heavy (non-hydrogen) atoms. The summed E-state index contributed by atoms with van der Waals surface area (Å²) in [7, 11) is 0. The summed E-state index contributed by atoms with van der Waals surface area (Å²) in [6.45, 7) is 6.41. The molecule has 4 heteroatoms. The van der Waals surface area contributed by atoms with Crippen molar-refractivity contribution in [1.82, 2.24) is 0 Å². The molecule has 0 N–H and O–H groups in total. The average Bonchev–Trinajstić information content (AvgIpc) is 2.01. The van der Waals surface area contributed by atoms with Crippen molar-refractivity contribution in [3.8, 4) is 0 Å². The lowest BCUT2D eigenvalue weighted by molar-refractivity contribution is 0.0469. The van der Waals surface area contributed by atoms with E-state index in [4.69, 9.17) is 4.18 Å². The van der Waals surface area contributed by atoms with Gasteiger partial charge in [0.05, 0.1) is 6.10 Å². The third-order valence-electron chi connectivity index (χ3n) is 3.16. The van der Waals surface area contributed by atoms with Crippen LogP contribution in [0.25, 0.3) is 0 Å². The second-order valence-corrected chi connectivity index (χ2v) is 5.27. The molecule has 83 valence electrons. The number of rotatable bonds is 3. The van der Waals surface area contributed by atoms with Crippen LogP contribution in [-0.4, -0.2) is 10.3 Å². The van der Waals surface area contributed by atoms with Crippen LogP contribution < -0.4 is 0 Å². The van der Waals surface area contributed by atoms with E-state index in [-0.39, 0.29) is 6.10 Å². The van der Waals surface area contributed by atoms with Crippen LogP contribution in [0.5, 0.6) is 0 Å². The predicted molar refractivity (Wildman–Crippen MR) is 55.0 cm³/mol. The second kappa shape index (κ2) is 5.24. The normalized spacial score (nSPS) is 35.9. The summed E-state index contributed by atoms with van der Waals surface area (Å²) < 4.78 is 26.0. The number of hydrogen-bond donors (Lipinski definition) is 0. The molecule has 0 amide bonds. The van der Waals surface area contributed by atoms with Crippen molar-refractivity contribution in [3.63, 3.8) is 0 Å². The van der Waals surface area contributed by atoms with Crippen LogP contribution in [0.2, 0.25) is 0 Å². The molecule has 0 aliphatic heterocycles. The first-order valence-corrected chi connectivity index (χ1v) is 6.27. The molecule has 0 bridgehead atoms. The summed E-state index contributed by atoms with van der Waals surface area (Å²) in [6, 6.07) is 0. The summed E-state index contributed by atoms with van der Waals surface area (Å²) in [4.78, 5) is 0. The van der Waals surface area contributed by atoms with Gasteiger partial charge in [0.2, 0.25) is 0 Å². The molecule has 4 atom stereocenters. The smallest absolute Gasteiger partial charge is 0.263 e. The van der Waals surface area contributed by atoms with E-state index in [1.165, 1.54) is 6.42 Å². The lowest BCUT2D eigenvalue weighted by Gasteiger charge is -2.35. The van der Waals surface area contributed by atoms with Gasteiger partial charge in [0.25, 0.3) is 0 Å². The molecule has 0 heterocycles. The van der Waals surface area contributed by atoms with Gasteiger partial charge in [0.1, 0.15) is 0 Å². The highest BCUT2D eigenvalue weighted by Crippen LogP contribution is 2.35. The Morgan fingerprint density at radius 3 is 2.50 bits per heavy atom. The maximum Gasteiger partial charge on any atom is 0.335 e. The van der Waals surface area contributed by atoms with Gasteiger partial charge in [-0.05, 0) is 30.6 Å². The Bertz CT molecular complexity index is 206. The van der Waals surface area contributed by atoms with Crippen molar-refractivity contribution in [1.29, 1.82) is 0 Å². The van der Waals surface area contributed by atoms with Crippen molar-refractivity contribution < 1.29 is 12.9 Å². The van der Waals surface area contributed by atoms with E-state index in [1.54, 1.807) is 0 Å². The van der Waals surface area contributed by atoms with E-state index in [0.717, 1.165) is 12.8 Å². The zero-order chi connectivity index (χ0) is 10.7. The van der Waals surface area contributed by atoms with E-state index in [2.05, 4.69) is 20.8 Å². The molecule has 0 aromatic heterocycles. The van der Waals surface area contributed by atoms with Crippen LogP contribution in [0.1, 0.15) is 40.0 Å².